The van der Waals surface area contributed by atoms with Gasteiger partial charge in [0.2, 0.25) is 0 Å². The molecule has 0 amide bonds. The predicted octanol–water partition coefficient (Wildman–Crippen LogP) is 3.88. The van der Waals surface area contributed by atoms with Gasteiger partial charge in [-0.05, 0) is 37.3 Å². The summed E-state index contributed by atoms with van der Waals surface area (Å²) in [6.07, 6.45) is 0.0443. The molecule has 0 aromatic heterocycles. The van der Waals surface area contributed by atoms with E-state index in [0.29, 0.717) is 6.61 Å². The summed E-state index contributed by atoms with van der Waals surface area (Å²) in [7, 11) is 1.64. The molecule has 1 aromatic carbocycles. The van der Waals surface area contributed by atoms with E-state index < -0.39 is 11.7 Å². The van der Waals surface area contributed by atoms with Crippen LogP contribution in [0, 0.1) is 0 Å². The first-order chi connectivity index (χ1) is 9.90. The lowest BCUT2D eigenvalue weighted by molar-refractivity contribution is -0.137. The molecule has 0 heterocycles. The Labute approximate surface area is 123 Å². The van der Waals surface area contributed by atoms with Gasteiger partial charge >= 0.3 is 6.18 Å². The average molecular weight is 301 g/mol. The quantitative estimate of drug-likeness (QED) is 0.809. The summed E-state index contributed by atoms with van der Waals surface area (Å²) in [5, 5.41) is 0. The zero-order valence-electron chi connectivity index (χ0n) is 12.2. The van der Waals surface area contributed by atoms with Crippen molar-refractivity contribution in [2.75, 3.05) is 13.7 Å². The van der Waals surface area contributed by atoms with E-state index in [-0.39, 0.29) is 11.5 Å². The van der Waals surface area contributed by atoms with Crippen LogP contribution in [0.25, 0.3) is 0 Å². The van der Waals surface area contributed by atoms with E-state index in [9.17, 15) is 13.2 Å². The molecule has 1 atom stereocenters. The van der Waals surface area contributed by atoms with Gasteiger partial charge in [0.15, 0.2) is 0 Å². The van der Waals surface area contributed by atoms with Crippen LogP contribution in [0.4, 0.5) is 13.2 Å². The summed E-state index contributed by atoms with van der Waals surface area (Å²) in [4.78, 5) is 0. The van der Waals surface area contributed by atoms with Crippen molar-refractivity contribution in [3.05, 3.63) is 35.4 Å². The van der Waals surface area contributed by atoms with Gasteiger partial charge in [0, 0.05) is 25.2 Å². The highest BCUT2D eigenvalue weighted by atomic mass is 19.4. The van der Waals surface area contributed by atoms with E-state index in [2.05, 4.69) is 0 Å². The Bertz CT molecular complexity index is 469. The van der Waals surface area contributed by atoms with Crippen molar-refractivity contribution < 1.29 is 17.9 Å². The largest absolute Gasteiger partial charge is 0.416 e. The molecule has 0 aliphatic heterocycles. The van der Waals surface area contributed by atoms with Crippen LogP contribution < -0.4 is 5.73 Å². The van der Waals surface area contributed by atoms with Gasteiger partial charge in [-0.1, -0.05) is 24.6 Å². The van der Waals surface area contributed by atoms with E-state index in [4.69, 9.17) is 10.5 Å². The number of benzene rings is 1. The first-order valence-electron chi connectivity index (χ1n) is 7.32. The molecule has 0 bridgehead atoms. The first kappa shape index (κ1) is 16.3. The normalized spacial score (nSPS) is 19.1. The van der Waals surface area contributed by atoms with Crippen molar-refractivity contribution >= 4 is 0 Å². The van der Waals surface area contributed by atoms with Gasteiger partial charge in [-0.25, -0.2) is 0 Å². The highest BCUT2D eigenvalue weighted by molar-refractivity contribution is 5.35. The van der Waals surface area contributed by atoms with Crippen LogP contribution in [-0.2, 0) is 16.3 Å². The third kappa shape index (κ3) is 3.40. The van der Waals surface area contributed by atoms with Crippen molar-refractivity contribution in [1.29, 1.82) is 0 Å². The number of halogens is 3. The van der Waals surface area contributed by atoms with Gasteiger partial charge in [-0.3, -0.25) is 0 Å². The molecular weight excluding hydrogens is 279 g/mol. The van der Waals surface area contributed by atoms with Crippen LogP contribution in [0.3, 0.4) is 0 Å². The maximum atomic E-state index is 12.9. The molecule has 2 nitrogen and oxygen atoms in total. The number of nitrogens with two attached hydrogens (primary N) is 1. The number of hydrogen-bond acceptors (Lipinski definition) is 2. The van der Waals surface area contributed by atoms with Crippen molar-refractivity contribution in [2.45, 2.75) is 49.7 Å². The molecule has 1 aliphatic rings. The molecule has 1 saturated carbocycles. The lowest BCUT2D eigenvalue weighted by Crippen LogP contribution is -2.50. The van der Waals surface area contributed by atoms with Gasteiger partial charge in [0.25, 0.3) is 0 Å². The second kappa shape index (κ2) is 6.36. The smallest absolute Gasteiger partial charge is 0.385 e. The maximum Gasteiger partial charge on any atom is 0.416 e. The van der Waals surface area contributed by atoms with Crippen LogP contribution in [0.1, 0.15) is 43.2 Å². The first-order valence-corrected chi connectivity index (χ1v) is 7.32. The second-order valence-corrected chi connectivity index (χ2v) is 5.83. The van der Waals surface area contributed by atoms with Crippen molar-refractivity contribution in [1.82, 2.24) is 0 Å². The SMILES string of the molecule is COCCCC(N)C1(c2cccc(C(F)(F)F)c2)CCC1. The topological polar surface area (TPSA) is 35.2 Å². The van der Waals surface area contributed by atoms with Crippen LogP contribution >= 0.6 is 0 Å². The molecule has 2 N–H and O–H groups in total. The molecule has 1 unspecified atom stereocenters. The predicted molar refractivity (Wildman–Crippen MR) is 76.1 cm³/mol. The van der Waals surface area contributed by atoms with Crippen LogP contribution in [0.5, 0.6) is 0 Å². The van der Waals surface area contributed by atoms with Crippen LogP contribution in [0.15, 0.2) is 24.3 Å². The van der Waals surface area contributed by atoms with Gasteiger partial charge in [0.1, 0.15) is 0 Å². The summed E-state index contributed by atoms with van der Waals surface area (Å²) >= 11 is 0. The number of ether oxygens (including phenoxy) is 1. The molecule has 21 heavy (non-hydrogen) atoms. The number of alkyl halides is 3. The summed E-state index contributed by atoms with van der Waals surface area (Å²) in [6, 6.07) is 5.54. The summed E-state index contributed by atoms with van der Waals surface area (Å²) in [5.74, 6) is 0. The number of methoxy groups -OCH3 is 1. The molecule has 1 fully saturated rings. The Morgan fingerprint density at radius 3 is 2.57 bits per heavy atom. The molecule has 118 valence electrons. The zero-order chi connectivity index (χ0) is 15.5. The Morgan fingerprint density at radius 1 is 1.33 bits per heavy atom. The van der Waals surface area contributed by atoms with E-state index in [1.165, 1.54) is 12.1 Å². The minimum Gasteiger partial charge on any atom is -0.385 e. The Kier molecular flexibility index (Phi) is 4.94. The minimum atomic E-state index is -4.30. The van der Waals surface area contributed by atoms with Gasteiger partial charge in [-0.15, -0.1) is 0 Å². The van der Waals surface area contributed by atoms with Crippen molar-refractivity contribution in [3.63, 3.8) is 0 Å². The Hall–Kier alpha value is -1.07. The second-order valence-electron chi connectivity index (χ2n) is 5.83. The highest BCUT2D eigenvalue weighted by Gasteiger charge is 2.44. The molecule has 0 radical (unpaired) electrons. The lowest BCUT2D eigenvalue weighted by atomic mass is 9.59. The molecular formula is C16H22F3NO. The zero-order valence-corrected chi connectivity index (χ0v) is 12.2. The molecule has 1 aliphatic carbocycles. The fourth-order valence-electron chi connectivity index (χ4n) is 3.16. The summed E-state index contributed by atoms with van der Waals surface area (Å²) < 4.78 is 43.7. The van der Waals surface area contributed by atoms with Crippen LogP contribution in [0.2, 0.25) is 0 Å². The number of rotatable bonds is 6. The Balaban J connectivity index is 2.20. The lowest BCUT2D eigenvalue weighted by Gasteiger charge is -2.47. The van der Waals surface area contributed by atoms with Crippen molar-refractivity contribution in [3.8, 4) is 0 Å². The number of hydrogen-bond donors (Lipinski definition) is 1. The molecule has 2 rings (SSSR count). The van der Waals surface area contributed by atoms with E-state index >= 15 is 0 Å². The molecule has 5 heteroatoms. The highest BCUT2D eigenvalue weighted by Crippen LogP contribution is 2.47. The standard InChI is InChI=1S/C16H22F3NO/c1-21-10-3-7-14(20)15(8-4-9-15)12-5-2-6-13(11-12)16(17,18)19/h2,5-6,11,14H,3-4,7-10,20H2,1H3. The van der Waals surface area contributed by atoms with Crippen LogP contribution in [-0.4, -0.2) is 19.8 Å². The molecule has 0 spiro atoms. The maximum absolute atomic E-state index is 12.9. The molecule has 1 aromatic rings. The van der Waals surface area contributed by atoms with Crippen molar-refractivity contribution in [2.24, 2.45) is 5.73 Å². The average Bonchev–Trinajstić information content (AvgIpc) is 2.37. The van der Waals surface area contributed by atoms with Gasteiger partial charge in [-0.2, -0.15) is 13.2 Å². The van der Waals surface area contributed by atoms with E-state index in [0.717, 1.165) is 43.7 Å². The van der Waals surface area contributed by atoms with Gasteiger partial charge in [0.05, 0.1) is 5.56 Å². The third-order valence-electron chi connectivity index (χ3n) is 4.58. The minimum absolute atomic E-state index is 0.120. The third-order valence-corrected chi connectivity index (χ3v) is 4.58. The molecule has 0 saturated heterocycles. The fourth-order valence-corrected chi connectivity index (χ4v) is 3.16. The van der Waals surface area contributed by atoms with E-state index in [1.807, 2.05) is 0 Å². The monoisotopic (exact) mass is 301 g/mol. The van der Waals surface area contributed by atoms with E-state index in [1.54, 1.807) is 13.2 Å². The Morgan fingerprint density at radius 2 is 2.05 bits per heavy atom. The fraction of sp³-hybridized carbons (Fsp3) is 0.625. The summed E-state index contributed by atoms with van der Waals surface area (Å²) in [5.41, 5.74) is 6.15. The summed E-state index contributed by atoms with van der Waals surface area (Å²) in [6.45, 7) is 0.631. The van der Waals surface area contributed by atoms with Gasteiger partial charge < -0.3 is 10.5 Å².